The van der Waals surface area contributed by atoms with Gasteiger partial charge in [-0.25, -0.2) is 0 Å². The van der Waals surface area contributed by atoms with Gasteiger partial charge in [0, 0.05) is 0 Å². The first-order chi connectivity index (χ1) is 12.9. The van der Waals surface area contributed by atoms with Gasteiger partial charge in [0.2, 0.25) is 0 Å². The van der Waals surface area contributed by atoms with Crippen molar-refractivity contribution < 1.29 is 35.7 Å². The van der Waals surface area contributed by atoms with E-state index >= 15 is 0 Å². The van der Waals surface area contributed by atoms with E-state index in [1.807, 2.05) is 0 Å². The molecule has 5 rings (SSSR count). The van der Waals surface area contributed by atoms with Gasteiger partial charge in [0.05, 0.1) is 0 Å². The molecule has 0 nitrogen and oxygen atoms in total. The molecule has 0 bridgehead atoms. The molecule has 0 fully saturated rings. The molecule has 1 aliphatic carbocycles. The molecular weight excluding hydrogens is 455 g/mol. The van der Waals surface area contributed by atoms with Crippen molar-refractivity contribution in [3.05, 3.63) is 82.9 Å². The first-order valence-corrected chi connectivity index (χ1v) is 15.9. The Labute approximate surface area is 190 Å². The summed E-state index contributed by atoms with van der Waals surface area (Å²) in [6, 6.07) is 22.2. The van der Waals surface area contributed by atoms with Crippen molar-refractivity contribution in [3.63, 3.8) is 0 Å². The van der Waals surface area contributed by atoms with Crippen molar-refractivity contribution in [2.45, 2.75) is 46.2 Å². The van der Waals surface area contributed by atoms with Crippen LogP contribution in [0.15, 0.2) is 60.7 Å². The average molecular weight is 483 g/mol. The molecule has 1 aliphatic rings. The number of fused-ring (bicyclic) bond motifs is 3. The zero-order valence-electron chi connectivity index (χ0n) is 17.3. The van der Waals surface area contributed by atoms with Crippen LogP contribution in [0.3, 0.4) is 0 Å². The van der Waals surface area contributed by atoms with Crippen molar-refractivity contribution in [2.24, 2.45) is 0 Å². The molecule has 0 saturated carbocycles. The Morgan fingerprint density at radius 1 is 0.786 bits per heavy atom. The predicted molar refractivity (Wildman–Crippen MR) is 118 cm³/mol. The summed E-state index contributed by atoms with van der Waals surface area (Å²) in [4.78, 5) is 0. The van der Waals surface area contributed by atoms with Crippen LogP contribution >= 0.6 is 0 Å². The number of rotatable bonds is 0. The third kappa shape index (κ3) is 6.28. The Morgan fingerprint density at radius 2 is 1.32 bits per heavy atom. The summed E-state index contributed by atoms with van der Waals surface area (Å²) < 4.78 is 0. The van der Waals surface area contributed by atoms with E-state index < -0.39 is 0 Å². The van der Waals surface area contributed by atoms with Gasteiger partial charge in [0.15, 0.2) is 0 Å². The van der Waals surface area contributed by atoms with Crippen LogP contribution in [0.2, 0.25) is 13.1 Å². The van der Waals surface area contributed by atoms with Crippen molar-refractivity contribution in [1.82, 2.24) is 0 Å². The molecule has 0 unspecified atom stereocenters. The first kappa shape index (κ1) is 23.3. The van der Waals surface area contributed by atoms with E-state index in [0.717, 1.165) is 0 Å². The van der Waals surface area contributed by atoms with Gasteiger partial charge >= 0.3 is 41.9 Å². The van der Waals surface area contributed by atoms with E-state index in [9.17, 15) is 0 Å². The van der Waals surface area contributed by atoms with Gasteiger partial charge in [-0.05, 0) is 19.3 Å². The topological polar surface area (TPSA) is 0 Å². The quantitative estimate of drug-likeness (QED) is 0.262. The second-order valence-electron chi connectivity index (χ2n) is 7.80. The van der Waals surface area contributed by atoms with Crippen LogP contribution in [0.25, 0.3) is 21.5 Å². The van der Waals surface area contributed by atoms with Gasteiger partial charge in [-0.1, -0.05) is 31.0 Å². The third-order valence-electron chi connectivity index (χ3n) is 4.83. The minimum absolute atomic E-state index is 0. The number of benzene rings is 2. The monoisotopic (exact) mass is 481 g/mol. The number of hydrogen-bond donors (Lipinski definition) is 0. The van der Waals surface area contributed by atoms with Gasteiger partial charge in [-0.15, -0.1) is 75.1 Å². The Hall–Kier alpha value is -0.950. The molecule has 0 aliphatic heterocycles. The molecule has 0 atom stereocenters. The molecule has 0 radical (unpaired) electrons. The van der Waals surface area contributed by atoms with Crippen LogP contribution in [0.5, 0.6) is 0 Å². The van der Waals surface area contributed by atoms with Crippen molar-refractivity contribution in [1.29, 1.82) is 0 Å². The minimum Gasteiger partial charge on any atom is -1.00 e. The predicted octanol–water partition coefficient (Wildman–Crippen LogP) is 4.01. The number of halogens is 1. The maximum atomic E-state index is 2.38. The fourth-order valence-corrected chi connectivity index (χ4v) is 3.75. The third-order valence-corrected chi connectivity index (χ3v) is 4.83. The Morgan fingerprint density at radius 3 is 1.96 bits per heavy atom. The van der Waals surface area contributed by atoms with Crippen molar-refractivity contribution in [2.75, 3.05) is 0 Å². The molecule has 3 heteroatoms. The van der Waals surface area contributed by atoms with Crippen LogP contribution < -0.4 is 12.4 Å². The van der Waals surface area contributed by atoms with Crippen LogP contribution in [-0.2, 0) is 36.2 Å². The number of hydrogen-bond acceptors (Lipinski definition) is 0. The summed E-state index contributed by atoms with van der Waals surface area (Å²) >= 11 is 1.74. The molecule has 0 aromatic heterocycles. The van der Waals surface area contributed by atoms with E-state index in [1.165, 1.54) is 51.9 Å². The molecule has 28 heavy (non-hydrogen) atoms. The smallest absolute Gasteiger partial charge is 0.0289 e. The van der Waals surface area contributed by atoms with Crippen LogP contribution in [0.1, 0.15) is 28.7 Å². The molecule has 4 aromatic rings. The molecular formula is C25H28ClSiZr-3. The minimum atomic E-state index is 0. The van der Waals surface area contributed by atoms with Crippen LogP contribution in [-0.4, -0.2) is 5.43 Å². The maximum absolute atomic E-state index is 2.38. The Kier molecular flexibility index (Phi) is 8.93. The summed E-state index contributed by atoms with van der Waals surface area (Å²) in [6.45, 7) is 8.91. The van der Waals surface area contributed by atoms with Crippen molar-refractivity contribution >= 4 is 27.0 Å². The van der Waals surface area contributed by atoms with Gasteiger partial charge in [0.25, 0.3) is 0 Å². The van der Waals surface area contributed by atoms with Crippen LogP contribution in [0, 0.1) is 13.8 Å². The summed E-state index contributed by atoms with van der Waals surface area (Å²) in [5, 5.41) is 5.55. The van der Waals surface area contributed by atoms with E-state index in [-0.39, 0.29) is 17.8 Å². The van der Waals surface area contributed by atoms with Gasteiger partial charge in [0.1, 0.15) is 0 Å². The molecule has 0 saturated heterocycles. The first-order valence-electron chi connectivity index (χ1n) is 9.75. The van der Waals surface area contributed by atoms with Crippen molar-refractivity contribution in [3.8, 4) is 0 Å². The zero-order chi connectivity index (χ0) is 19.4. The van der Waals surface area contributed by atoms with Crippen LogP contribution in [0.4, 0.5) is 0 Å². The van der Waals surface area contributed by atoms with E-state index in [0.29, 0.717) is 0 Å². The molecule has 0 heterocycles. The summed E-state index contributed by atoms with van der Waals surface area (Å²) in [6.07, 6.45) is 3.92. The average Bonchev–Trinajstić information content (AvgIpc) is 3.27. The molecule has 0 N–H and O–H groups in total. The molecule has 0 spiro atoms. The second-order valence-corrected chi connectivity index (χ2v) is 17.2. The maximum Gasteiger partial charge on any atom is -0.0289 e. The molecule has 0 amide bonds. The zero-order valence-corrected chi connectivity index (χ0v) is 21.5. The SMILES string of the molecule is C[Si](C)=[Zr].Cc1cc2cc3c(cc2[cH-]1)CCC3.Cc1cc2ccccc2[cH-]1.[Cl-]. The van der Waals surface area contributed by atoms with Gasteiger partial charge in [-0.2, -0.15) is 12.1 Å². The Balaban J connectivity index is 0.000000168. The van der Waals surface area contributed by atoms with E-state index in [2.05, 4.69) is 87.6 Å². The van der Waals surface area contributed by atoms with E-state index in [4.69, 9.17) is 0 Å². The van der Waals surface area contributed by atoms with Gasteiger partial charge in [-0.3, -0.25) is 0 Å². The Bertz CT molecular complexity index is 993. The fourth-order valence-electron chi connectivity index (χ4n) is 3.75. The summed E-state index contributed by atoms with van der Waals surface area (Å²) in [7, 11) is 0. The van der Waals surface area contributed by atoms with E-state index in [1.54, 1.807) is 34.5 Å². The standard InChI is InChI=1S/C13H13.C10H9.C2H6Si.ClH.Zr/c1-9-5-12-7-10-3-2-4-11(10)8-13(12)6-9;1-8-6-9-4-2-3-5-10(9)7-8;1-3-2;;/h5-8H,2-4H2,1H3;2-7H,1H3;1-2H3;1H;/q2*-1;;;/p-1. The fraction of sp³-hybridized carbons (Fsp3) is 0.280. The molecule has 146 valence electrons. The largest absolute Gasteiger partial charge is 1.00 e. The molecule has 4 aromatic carbocycles. The van der Waals surface area contributed by atoms with Gasteiger partial charge < -0.3 is 12.4 Å². The number of aryl methyl sites for hydroxylation is 4. The second kappa shape index (κ2) is 10.7. The summed E-state index contributed by atoms with van der Waals surface area (Å²) in [5.41, 5.74) is 6.11. The normalized spacial score (nSPS) is 11.7. The summed E-state index contributed by atoms with van der Waals surface area (Å²) in [5.74, 6) is 0.